The number of anilines is 1. The first-order chi connectivity index (χ1) is 13.2. The Hall–Kier alpha value is -2.91. The van der Waals surface area contributed by atoms with Crippen LogP contribution < -0.4 is 10.5 Å². The topological polar surface area (TPSA) is 76.8 Å². The highest BCUT2D eigenvalue weighted by Gasteiger charge is 2.18. The summed E-state index contributed by atoms with van der Waals surface area (Å²) in [6, 6.07) is 5.77. The van der Waals surface area contributed by atoms with E-state index in [1.54, 1.807) is 27.7 Å². The van der Waals surface area contributed by atoms with Crippen molar-refractivity contribution in [2.45, 2.75) is 6.92 Å². The Morgan fingerprint density at radius 3 is 2.93 bits per heavy atom. The molecule has 4 heterocycles. The van der Waals surface area contributed by atoms with Crippen LogP contribution in [-0.2, 0) is 0 Å². The lowest BCUT2D eigenvalue weighted by Gasteiger charge is -2.15. The number of nitrogens with zero attached hydrogens (tertiary/aromatic N) is 6. The SMILES string of the molecule is CCN(C)c1ncnc2sc3c(=O)n(-c4ccc5ncsc5c4)cnc3c12. The van der Waals surface area contributed by atoms with Gasteiger partial charge in [0.15, 0.2) is 0 Å². The van der Waals surface area contributed by atoms with E-state index in [1.165, 1.54) is 17.7 Å². The molecule has 0 aliphatic rings. The van der Waals surface area contributed by atoms with E-state index in [0.717, 1.165) is 38.5 Å². The third kappa shape index (κ3) is 2.42. The lowest BCUT2D eigenvalue weighted by Crippen LogP contribution is -2.18. The average molecular weight is 394 g/mol. The summed E-state index contributed by atoms with van der Waals surface area (Å²) in [5, 5.41) is 0.837. The van der Waals surface area contributed by atoms with Crippen molar-refractivity contribution in [3.63, 3.8) is 0 Å². The molecule has 0 saturated carbocycles. The Kier molecular flexibility index (Phi) is 3.66. The lowest BCUT2D eigenvalue weighted by molar-refractivity contribution is 0.940. The number of fused-ring (bicyclic) bond motifs is 4. The fourth-order valence-corrected chi connectivity index (χ4v) is 4.80. The monoisotopic (exact) mass is 394 g/mol. The van der Waals surface area contributed by atoms with E-state index in [0.29, 0.717) is 10.2 Å². The molecular formula is C18H14N6OS2. The molecule has 0 bridgehead atoms. The molecule has 5 aromatic rings. The lowest BCUT2D eigenvalue weighted by atomic mass is 10.2. The van der Waals surface area contributed by atoms with Gasteiger partial charge in [-0.15, -0.1) is 22.7 Å². The molecule has 0 aliphatic carbocycles. The zero-order chi connectivity index (χ0) is 18.5. The van der Waals surface area contributed by atoms with Gasteiger partial charge in [0.2, 0.25) is 0 Å². The number of aromatic nitrogens is 5. The van der Waals surface area contributed by atoms with E-state index in [9.17, 15) is 4.79 Å². The second-order valence-corrected chi connectivity index (χ2v) is 7.98. The Morgan fingerprint density at radius 1 is 1.19 bits per heavy atom. The molecule has 7 nitrogen and oxygen atoms in total. The number of thiophene rings is 1. The van der Waals surface area contributed by atoms with Crippen molar-refractivity contribution in [2.75, 3.05) is 18.5 Å². The Bertz CT molecular complexity index is 1370. The number of thiazole rings is 1. The van der Waals surface area contributed by atoms with Crippen LogP contribution in [-0.4, -0.2) is 38.1 Å². The van der Waals surface area contributed by atoms with Gasteiger partial charge in [0, 0.05) is 13.6 Å². The molecule has 0 atom stereocenters. The number of hydrogen-bond acceptors (Lipinski definition) is 8. The third-order valence-electron chi connectivity index (χ3n) is 4.59. The summed E-state index contributed by atoms with van der Waals surface area (Å²) in [5.74, 6) is 0.796. The number of rotatable bonds is 3. The fourth-order valence-electron chi connectivity index (χ4n) is 3.07. The average Bonchev–Trinajstić information content (AvgIpc) is 3.31. The fraction of sp³-hybridized carbons (Fsp3) is 0.167. The van der Waals surface area contributed by atoms with Crippen LogP contribution >= 0.6 is 22.7 Å². The van der Waals surface area contributed by atoms with E-state index in [1.807, 2.05) is 30.1 Å². The molecule has 0 spiro atoms. The number of hydrogen-bond donors (Lipinski definition) is 0. The van der Waals surface area contributed by atoms with Crippen LogP contribution in [0.3, 0.4) is 0 Å². The van der Waals surface area contributed by atoms with Crippen molar-refractivity contribution in [2.24, 2.45) is 0 Å². The van der Waals surface area contributed by atoms with E-state index in [4.69, 9.17) is 0 Å². The van der Waals surface area contributed by atoms with Crippen molar-refractivity contribution in [1.82, 2.24) is 24.5 Å². The van der Waals surface area contributed by atoms with Gasteiger partial charge in [0.1, 0.15) is 33.5 Å². The molecule has 0 aliphatic heterocycles. The minimum absolute atomic E-state index is 0.100. The quantitative estimate of drug-likeness (QED) is 0.466. The van der Waals surface area contributed by atoms with Gasteiger partial charge in [-0.1, -0.05) is 0 Å². The van der Waals surface area contributed by atoms with E-state index in [2.05, 4.69) is 26.9 Å². The summed E-state index contributed by atoms with van der Waals surface area (Å²) in [6.07, 6.45) is 3.12. The molecular weight excluding hydrogens is 380 g/mol. The van der Waals surface area contributed by atoms with Gasteiger partial charge < -0.3 is 4.90 Å². The summed E-state index contributed by atoms with van der Waals surface area (Å²) >= 11 is 2.91. The molecule has 5 rings (SSSR count). The molecule has 0 saturated heterocycles. The normalized spacial score (nSPS) is 11.6. The summed E-state index contributed by atoms with van der Waals surface area (Å²) in [4.78, 5) is 33.6. The smallest absolute Gasteiger partial charge is 0.275 e. The highest BCUT2D eigenvalue weighted by atomic mass is 32.1. The summed E-state index contributed by atoms with van der Waals surface area (Å²) in [7, 11) is 1.97. The standard InChI is InChI=1S/C18H14N6OS2/c1-3-23(2)16-13-14-15(27-17(13)20-7-19-16)18(25)24(8-21-14)10-4-5-11-12(6-10)26-9-22-11/h4-9H,3H2,1-2H3. The largest absolute Gasteiger partial charge is 0.359 e. The first-order valence-corrected chi connectivity index (χ1v) is 10.1. The molecule has 0 amide bonds. The molecule has 1 aromatic carbocycles. The van der Waals surface area contributed by atoms with Crippen LogP contribution in [0.1, 0.15) is 6.92 Å². The van der Waals surface area contributed by atoms with Crippen LogP contribution in [0, 0.1) is 0 Å². The second kappa shape index (κ2) is 6.07. The van der Waals surface area contributed by atoms with Crippen LogP contribution in [0.2, 0.25) is 0 Å². The summed E-state index contributed by atoms with van der Waals surface area (Å²) in [5.41, 5.74) is 4.06. The molecule has 0 unspecified atom stereocenters. The molecule has 4 aromatic heterocycles. The zero-order valence-corrected chi connectivity index (χ0v) is 16.2. The molecule has 134 valence electrons. The van der Waals surface area contributed by atoms with Gasteiger partial charge in [0.05, 0.1) is 26.8 Å². The van der Waals surface area contributed by atoms with Gasteiger partial charge in [0.25, 0.3) is 5.56 Å². The maximum Gasteiger partial charge on any atom is 0.275 e. The van der Waals surface area contributed by atoms with Crippen LogP contribution in [0.4, 0.5) is 5.82 Å². The van der Waals surface area contributed by atoms with Gasteiger partial charge in [-0.3, -0.25) is 9.36 Å². The highest BCUT2D eigenvalue weighted by molar-refractivity contribution is 7.25. The van der Waals surface area contributed by atoms with Crippen molar-refractivity contribution in [3.8, 4) is 5.69 Å². The van der Waals surface area contributed by atoms with Crippen molar-refractivity contribution in [3.05, 3.63) is 46.7 Å². The Morgan fingerprint density at radius 2 is 2.07 bits per heavy atom. The predicted molar refractivity (Wildman–Crippen MR) is 110 cm³/mol. The van der Waals surface area contributed by atoms with Gasteiger partial charge in [-0.2, -0.15) is 0 Å². The second-order valence-electron chi connectivity index (χ2n) is 6.10. The summed E-state index contributed by atoms with van der Waals surface area (Å²) < 4.78 is 3.20. The third-order valence-corrected chi connectivity index (χ3v) is 6.45. The molecule has 9 heteroatoms. The highest BCUT2D eigenvalue weighted by Crippen LogP contribution is 2.34. The maximum atomic E-state index is 13.2. The minimum atomic E-state index is -0.100. The molecule has 0 fully saturated rings. The van der Waals surface area contributed by atoms with Crippen molar-refractivity contribution in [1.29, 1.82) is 0 Å². The molecule has 0 radical (unpaired) electrons. The van der Waals surface area contributed by atoms with E-state index in [-0.39, 0.29) is 5.56 Å². The van der Waals surface area contributed by atoms with Gasteiger partial charge in [-0.05, 0) is 25.1 Å². The maximum absolute atomic E-state index is 13.2. The minimum Gasteiger partial charge on any atom is -0.359 e. The molecule has 0 N–H and O–H groups in total. The zero-order valence-electron chi connectivity index (χ0n) is 14.6. The summed E-state index contributed by atoms with van der Waals surface area (Å²) in [6.45, 7) is 2.86. The van der Waals surface area contributed by atoms with Crippen molar-refractivity contribution < 1.29 is 0 Å². The predicted octanol–water partition coefficient (Wildman–Crippen LogP) is 3.46. The van der Waals surface area contributed by atoms with Crippen LogP contribution in [0.5, 0.6) is 0 Å². The first-order valence-electron chi connectivity index (χ1n) is 8.37. The molecule has 27 heavy (non-hydrogen) atoms. The van der Waals surface area contributed by atoms with Gasteiger partial charge >= 0.3 is 0 Å². The van der Waals surface area contributed by atoms with Crippen LogP contribution in [0.25, 0.3) is 36.3 Å². The Balaban J connectivity index is 1.78. The van der Waals surface area contributed by atoms with Gasteiger partial charge in [-0.25, -0.2) is 19.9 Å². The van der Waals surface area contributed by atoms with E-state index < -0.39 is 0 Å². The first kappa shape index (κ1) is 16.3. The van der Waals surface area contributed by atoms with E-state index >= 15 is 0 Å². The Labute approximate surface area is 161 Å². The van der Waals surface area contributed by atoms with Crippen LogP contribution in [0.15, 0.2) is 41.2 Å². The number of benzene rings is 1. The van der Waals surface area contributed by atoms with Crippen molar-refractivity contribution >= 4 is 59.1 Å².